The Morgan fingerprint density at radius 2 is 0.771 bits per heavy atom. The third-order valence-electron chi connectivity index (χ3n) is 7.90. The van der Waals surface area contributed by atoms with Crippen LogP contribution in [0.3, 0.4) is 0 Å². The fourth-order valence-electron chi connectivity index (χ4n) is 5.83. The molecule has 48 heavy (non-hydrogen) atoms. The van der Waals surface area contributed by atoms with Crippen molar-refractivity contribution in [2.75, 3.05) is 5.73 Å². The van der Waals surface area contributed by atoms with Crippen molar-refractivity contribution in [3.05, 3.63) is 176 Å². The van der Waals surface area contributed by atoms with Crippen molar-refractivity contribution in [1.29, 1.82) is 0 Å². The molecule has 0 unspecified atom stereocenters. The molecule has 0 aliphatic carbocycles. The first-order valence-electron chi connectivity index (χ1n) is 15.2. The van der Waals surface area contributed by atoms with Crippen LogP contribution in [-0.2, 0) is 0 Å². The molecule has 0 amide bonds. The van der Waals surface area contributed by atoms with E-state index in [4.69, 9.17) is 24.4 Å². The summed E-state index contributed by atoms with van der Waals surface area (Å²) in [6.45, 7) is 0. The maximum absolute atomic E-state index is 8.49. The molecule has 0 fully saturated rings. The van der Waals surface area contributed by atoms with Crippen molar-refractivity contribution >= 4 is 5.69 Å². The summed E-state index contributed by atoms with van der Waals surface area (Å²) >= 11 is 0. The number of nitrogens with two attached hydrogens (primary N) is 1. The van der Waals surface area contributed by atoms with Gasteiger partial charge in [0.15, 0.2) is 6.20 Å². The first-order valence-corrected chi connectivity index (χ1v) is 16.4. The molecule has 0 saturated heterocycles. The van der Waals surface area contributed by atoms with E-state index in [-0.39, 0.29) is 0 Å². The van der Waals surface area contributed by atoms with E-state index < -0.39 is 10.2 Å². The SMILES string of the molecule is Nc1ccc(-c2ccc(-[n+]3cc(-c4ccccc4)c(-c4ccccc4)c(-c4ccccc4)c3-c3ccccc3)cc2)cc1.[O-][Cl+3]([O-])([O-])[O-]. The number of rotatable bonds is 6. The second-order valence-electron chi connectivity index (χ2n) is 11.0. The number of nitrogens with zero attached hydrogens (tertiary/aromatic N) is 1. The Bertz CT molecular complexity index is 2080. The monoisotopic (exact) mass is 650 g/mol. The van der Waals surface area contributed by atoms with E-state index in [1.54, 1.807) is 0 Å². The minimum atomic E-state index is -4.94. The molecule has 7 heteroatoms. The van der Waals surface area contributed by atoms with E-state index in [0.717, 1.165) is 33.8 Å². The van der Waals surface area contributed by atoms with Gasteiger partial charge >= 0.3 is 0 Å². The van der Waals surface area contributed by atoms with Crippen LogP contribution in [0, 0.1) is 10.2 Å². The van der Waals surface area contributed by atoms with Crippen LogP contribution in [0.2, 0.25) is 0 Å². The highest BCUT2D eigenvalue weighted by Gasteiger charge is 2.29. The van der Waals surface area contributed by atoms with E-state index in [1.807, 2.05) is 12.1 Å². The first kappa shape index (κ1) is 32.3. The number of nitrogen functional groups attached to an aromatic ring is 1. The number of halogens is 1. The second kappa shape index (κ2) is 14.4. The van der Waals surface area contributed by atoms with Crippen LogP contribution in [0.1, 0.15) is 0 Å². The van der Waals surface area contributed by atoms with E-state index in [2.05, 4.69) is 168 Å². The summed E-state index contributed by atoms with van der Waals surface area (Å²) < 4.78 is 36.3. The smallest absolute Gasteiger partial charge is 0.226 e. The maximum atomic E-state index is 8.49. The molecule has 0 atom stereocenters. The number of aromatic nitrogens is 1. The standard InChI is InChI=1S/C41H31N2.ClHO4/c42-36-25-21-30(22-26-36)31-23-27-37(28-24-31)43-29-38(32-13-5-1-6-14-32)39(33-15-7-2-8-16-33)40(34-17-9-3-10-18-34)41(43)35-19-11-4-12-20-35;2-1(3,4)5/h1-29H,42H2;(H,2,3,4,5)/q+1;/p-1. The van der Waals surface area contributed by atoms with Gasteiger partial charge in [-0.1, -0.05) is 121 Å². The lowest BCUT2D eigenvalue weighted by Crippen LogP contribution is -2.68. The Balaban J connectivity index is 0.000000749. The number of hydrogen-bond acceptors (Lipinski definition) is 5. The van der Waals surface area contributed by atoms with Crippen molar-refractivity contribution in [2.24, 2.45) is 0 Å². The third-order valence-corrected chi connectivity index (χ3v) is 7.90. The second-order valence-corrected chi connectivity index (χ2v) is 11.8. The van der Waals surface area contributed by atoms with Gasteiger partial charge in [0.2, 0.25) is 11.4 Å². The summed E-state index contributed by atoms with van der Waals surface area (Å²) in [6, 6.07) is 59.8. The van der Waals surface area contributed by atoms with E-state index >= 15 is 0 Å². The Morgan fingerprint density at radius 3 is 1.23 bits per heavy atom. The number of hydrogen-bond donors (Lipinski definition) is 1. The van der Waals surface area contributed by atoms with Crippen LogP contribution < -0.4 is 28.9 Å². The van der Waals surface area contributed by atoms with Crippen LogP contribution in [-0.4, -0.2) is 0 Å². The summed E-state index contributed by atoms with van der Waals surface area (Å²) in [6.07, 6.45) is 2.31. The average molecular weight is 651 g/mol. The van der Waals surface area contributed by atoms with Crippen LogP contribution in [0.15, 0.2) is 176 Å². The number of pyridine rings is 1. The molecule has 7 aromatic rings. The molecular weight excluding hydrogens is 620 g/mol. The summed E-state index contributed by atoms with van der Waals surface area (Å²) in [4.78, 5) is 0. The van der Waals surface area contributed by atoms with Crippen LogP contribution in [0.5, 0.6) is 0 Å². The Hall–Kier alpha value is -5.60. The lowest BCUT2D eigenvalue weighted by Gasteiger charge is -2.19. The fourth-order valence-corrected chi connectivity index (χ4v) is 5.83. The van der Waals surface area contributed by atoms with Crippen LogP contribution in [0.25, 0.3) is 61.5 Å². The highest BCUT2D eigenvalue weighted by atomic mass is 35.7. The van der Waals surface area contributed by atoms with E-state index in [0.29, 0.717) is 0 Å². The molecule has 236 valence electrons. The minimum Gasteiger partial charge on any atom is -0.399 e. The van der Waals surface area contributed by atoms with Gasteiger partial charge in [0.1, 0.15) is 0 Å². The molecule has 0 saturated carbocycles. The number of benzene rings is 6. The topological polar surface area (TPSA) is 122 Å². The molecule has 0 aliphatic heterocycles. The van der Waals surface area contributed by atoms with Gasteiger partial charge in [0, 0.05) is 28.9 Å². The zero-order valence-corrected chi connectivity index (χ0v) is 26.5. The van der Waals surface area contributed by atoms with Gasteiger partial charge in [-0.05, 0) is 64.2 Å². The highest BCUT2D eigenvalue weighted by molar-refractivity contribution is 5.98. The highest BCUT2D eigenvalue weighted by Crippen LogP contribution is 2.44. The van der Waals surface area contributed by atoms with Gasteiger partial charge in [0.25, 0.3) is 0 Å². The maximum Gasteiger partial charge on any atom is 0.226 e. The zero-order chi connectivity index (χ0) is 33.5. The molecule has 0 radical (unpaired) electrons. The quantitative estimate of drug-likeness (QED) is 0.198. The van der Waals surface area contributed by atoms with Crippen molar-refractivity contribution in [1.82, 2.24) is 0 Å². The Labute approximate surface area is 281 Å². The Morgan fingerprint density at radius 1 is 0.396 bits per heavy atom. The molecule has 1 heterocycles. The third kappa shape index (κ3) is 7.67. The molecular formula is C41H31ClN2O4. The molecule has 1 aromatic heterocycles. The van der Waals surface area contributed by atoms with Gasteiger partial charge in [-0.3, -0.25) is 0 Å². The van der Waals surface area contributed by atoms with Crippen molar-refractivity contribution in [3.8, 4) is 61.5 Å². The molecule has 6 aromatic carbocycles. The lowest BCUT2D eigenvalue weighted by molar-refractivity contribution is -2.00. The van der Waals surface area contributed by atoms with E-state index in [9.17, 15) is 0 Å². The van der Waals surface area contributed by atoms with Crippen molar-refractivity contribution < 1.29 is 33.4 Å². The van der Waals surface area contributed by atoms with Gasteiger partial charge in [-0.2, -0.15) is 4.57 Å². The largest absolute Gasteiger partial charge is 0.399 e. The first-order chi connectivity index (χ1) is 23.3. The molecule has 6 nitrogen and oxygen atoms in total. The molecule has 0 spiro atoms. The van der Waals surface area contributed by atoms with Gasteiger partial charge < -0.3 is 5.73 Å². The van der Waals surface area contributed by atoms with Crippen molar-refractivity contribution in [3.63, 3.8) is 0 Å². The van der Waals surface area contributed by atoms with Crippen LogP contribution in [0.4, 0.5) is 5.69 Å². The summed E-state index contributed by atoms with van der Waals surface area (Å²) in [5.41, 5.74) is 19.5. The zero-order valence-electron chi connectivity index (χ0n) is 25.8. The molecule has 2 N–H and O–H groups in total. The van der Waals surface area contributed by atoms with Crippen LogP contribution >= 0.6 is 0 Å². The van der Waals surface area contributed by atoms with Gasteiger partial charge in [0.05, 0.1) is 11.1 Å². The fraction of sp³-hybridized carbons (Fsp3) is 0. The summed E-state index contributed by atoms with van der Waals surface area (Å²) in [5, 5.41) is 0. The lowest BCUT2D eigenvalue weighted by atomic mass is 9.85. The van der Waals surface area contributed by atoms with Gasteiger partial charge in [-0.25, -0.2) is 18.6 Å². The van der Waals surface area contributed by atoms with Gasteiger partial charge in [-0.15, -0.1) is 10.2 Å². The predicted molar refractivity (Wildman–Crippen MR) is 180 cm³/mol. The minimum absolute atomic E-state index is 0.767. The normalized spacial score (nSPS) is 11.0. The predicted octanol–water partition coefficient (Wildman–Crippen LogP) is 5.12. The van der Waals surface area contributed by atoms with E-state index in [1.165, 1.54) is 33.4 Å². The molecule has 0 aliphatic rings. The summed E-state index contributed by atoms with van der Waals surface area (Å²) in [5.74, 6) is 0. The molecule has 0 bridgehead atoms. The number of anilines is 1. The Kier molecular flexibility index (Phi) is 9.73. The summed E-state index contributed by atoms with van der Waals surface area (Å²) in [7, 11) is -4.94. The molecule has 7 rings (SSSR count). The average Bonchev–Trinajstić information content (AvgIpc) is 3.12. The van der Waals surface area contributed by atoms with Crippen molar-refractivity contribution in [2.45, 2.75) is 0 Å².